The Kier molecular flexibility index (Phi) is 38.3. The highest BCUT2D eigenvalue weighted by Crippen LogP contribution is 2.24. The van der Waals surface area contributed by atoms with Gasteiger partial charge >= 0.3 is 5.97 Å². The number of nitroso groups, excluding NO2 is 2. The Balaban J connectivity index is 1.57. The number of guanidine groups is 1. The molecule has 1 aliphatic rings. The number of benzene rings is 1. The van der Waals surface area contributed by atoms with E-state index in [1.807, 2.05) is 27.7 Å². The minimum atomic E-state index is -1.44. The molecule has 9 amide bonds. The Hall–Kier alpha value is -9.51. The maximum Gasteiger partial charge on any atom is 0.326 e. The molecule has 109 heavy (non-hydrogen) atoms. The number of likely N-dealkylation sites (tertiary alicyclic amines) is 1. The molecule has 4 rings (SSSR count). The highest BCUT2D eigenvalue weighted by molar-refractivity contribution is 5.99. The average Bonchev–Trinajstić information content (AvgIpc) is 1.75. The lowest BCUT2D eigenvalue weighted by Crippen LogP contribution is -2.62. The minimum Gasteiger partial charge on any atom is -0.508 e. The van der Waals surface area contributed by atoms with Crippen LogP contribution in [0.15, 0.2) is 64.7 Å². The van der Waals surface area contributed by atoms with Crippen molar-refractivity contribution in [3.8, 4) is 5.75 Å². The Labute approximate surface area is 639 Å². The molecule has 0 saturated carbocycles. The fourth-order valence-corrected chi connectivity index (χ4v) is 12.4. The van der Waals surface area contributed by atoms with Gasteiger partial charge in [-0.25, -0.2) is 14.8 Å². The van der Waals surface area contributed by atoms with Crippen molar-refractivity contribution in [3.63, 3.8) is 0 Å². The molecule has 0 radical (unpaired) electrons. The van der Waals surface area contributed by atoms with Crippen LogP contribution in [0.25, 0.3) is 0 Å². The number of carbonyl (C=O) groups excluding carboxylic acids is 9. The van der Waals surface area contributed by atoms with E-state index in [9.17, 15) is 53.6 Å². The van der Waals surface area contributed by atoms with E-state index in [4.69, 9.17) is 11.5 Å². The van der Waals surface area contributed by atoms with Crippen LogP contribution in [0.3, 0.4) is 0 Å². The second kappa shape index (κ2) is 45.5. The zero-order valence-electron chi connectivity index (χ0n) is 65.9. The number of hydrogen-bond acceptors (Lipinski definition) is 21. The summed E-state index contributed by atoms with van der Waals surface area (Å²) in [4.78, 5) is 185. The van der Waals surface area contributed by atoms with Gasteiger partial charge in [-0.15, -0.1) is 0 Å². The highest BCUT2D eigenvalue weighted by atomic mass is 16.4. The number of aromatic hydroxyl groups is 1. The van der Waals surface area contributed by atoms with E-state index < -0.39 is 154 Å². The summed E-state index contributed by atoms with van der Waals surface area (Å²) in [5.41, 5.74) is 11.5. The molecular weight excluding hydrogens is 1410 g/mol. The van der Waals surface area contributed by atoms with Gasteiger partial charge in [0.15, 0.2) is 5.96 Å². The van der Waals surface area contributed by atoms with E-state index in [1.54, 1.807) is 81.4 Å². The van der Waals surface area contributed by atoms with Crippen molar-refractivity contribution >= 4 is 65.1 Å². The molecule has 35 heteroatoms. The number of imidazole rings is 2. The Morgan fingerprint density at radius 2 is 1.07 bits per heavy atom. The molecule has 35 nitrogen and oxygen atoms in total. The van der Waals surface area contributed by atoms with Crippen molar-refractivity contribution in [3.05, 3.63) is 76.1 Å². The van der Waals surface area contributed by atoms with Crippen LogP contribution >= 0.6 is 0 Å². The maximum atomic E-state index is 15.1. The number of aromatic nitrogens is 4. The molecule has 2 aromatic heterocycles. The van der Waals surface area contributed by atoms with Crippen LogP contribution < -0.4 is 70.0 Å². The predicted molar refractivity (Wildman–Crippen MR) is 412 cm³/mol. The first kappa shape index (κ1) is 91.9. The van der Waals surface area contributed by atoms with Gasteiger partial charge in [-0.05, 0) is 160 Å². The first-order chi connectivity index (χ1) is 51.4. The summed E-state index contributed by atoms with van der Waals surface area (Å²) in [7, 11) is 0. The second-order valence-corrected chi connectivity index (χ2v) is 30.6. The van der Waals surface area contributed by atoms with Crippen molar-refractivity contribution in [2.24, 2.45) is 56.4 Å². The lowest BCUT2D eigenvalue weighted by molar-refractivity contribution is -0.143. The third-order valence-electron chi connectivity index (χ3n) is 20.5. The zero-order chi connectivity index (χ0) is 81.3. The Morgan fingerprint density at radius 1 is 0.596 bits per heavy atom. The topological polar surface area (TPSA) is 527 Å². The number of H-pyrrole nitrogens is 2. The number of hydrogen-bond donors (Lipinski definition) is 17. The predicted octanol–water partition coefficient (Wildman–Crippen LogP) is 2.09. The third-order valence-corrected chi connectivity index (χ3v) is 20.5. The number of nitrogens with one attached hydrogen (secondary N) is 13. The SMILES string of the molecule is CCC(C)[C@H](NC(=O)[C@H](Cc1ccc(O)cc1)NC(=O)[C@@H](NC(=O)[C@H](CCCN=C(N)N)NC(=O)CNCCC(CCNC(C)(C)C(C)N=O)CCNC(C)(C)C(C)N=O)C(C)C)C(=O)N[C@@H](Cc1cnc[nH]1)C(=O)N1CCC[C@H]1C(=O)N[C@H](C(=O)N[C@@H](Cc1cnc[nH]1)C(=O)N[C@@H](CC(C)C)C(=O)O)C(C)CC. The van der Waals surface area contributed by atoms with Crippen molar-refractivity contribution in [2.45, 2.75) is 258 Å². The fraction of sp³-hybridized carbons (Fsp3) is 0.689. The molecule has 19 N–H and O–H groups in total. The molecule has 3 aromatic rings. The van der Waals surface area contributed by atoms with Gasteiger partial charge in [0, 0.05) is 67.2 Å². The summed E-state index contributed by atoms with van der Waals surface area (Å²) in [6, 6.07) is -6.76. The Bertz CT molecular complexity index is 3390. The molecule has 1 saturated heterocycles. The zero-order valence-corrected chi connectivity index (χ0v) is 65.9. The number of phenolic OH excluding ortho intramolecular Hbond substituents is 1. The van der Waals surface area contributed by atoms with Crippen molar-refractivity contribution in [1.82, 2.24) is 83.3 Å². The van der Waals surface area contributed by atoms with E-state index in [1.165, 1.54) is 42.1 Å². The number of rotatable bonds is 51. The Morgan fingerprint density at radius 3 is 1.57 bits per heavy atom. The summed E-state index contributed by atoms with van der Waals surface area (Å²) < 4.78 is 0. The van der Waals surface area contributed by atoms with Crippen molar-refractivity contribution in [2.75, 3.05) is 39.3 Å². The van der Waals surface area contributed by atoms with Gasteiger partial charge in [0.25, 0.3) is 0 Å². The lowest BCUT2D eigenvalue weighted by atomic mass is 9.92. The smallest absolute Gasteiger partial charge is 0.326 e. The molecular formula is C74H123N21O14. The standard InChI is InChI=1S/C74H123N21O14/c1-15-44(7)61(69(104)88-56(36-51-38-79-41-82-51)70(105)95-32-18-20-58(95)66(101)92-62(45(8)16-2)68(103)87-55(35-50-37-78-40-81-50)64(99)89-57(71(106)107)33-42(3)4)91-65(100)54(34-49-21-23-52(96)24-22-49)86-67(102)60(43(5)6)90-63(98)53(19-17-28-80-72(75)76)85-59(97)39-77-29-25-48(26-30-83-73(11,12)46(9)93-108)27-31-84-74(13,14)47(10)94-109/h21-24,37-38,40-48,53-58,60-62,77,83-84,96H,15-20,25-36,39H2,1-14H3,(H,78,81)(H,79,82)(H,85,97)(H,86,102)(H,87,103)(H,88,104)(H,89,99)(H,90,98)(H,91,100)(H,92,101)(H,106,107)(H4,75,76,80)/t44?,45?,46?,47?,48?,53-,54-,55-,56-,57-,58-,60-,61-,62-/m0/s1. The average molecular weight is 1530 g/mol. The third kappa shape index (κ3) is 30.8. The molecule has 4 unspecified atom stereocenters. The van der Waals surface area contributed by atoms with Gasteiger partial charge in [-0.2, -0.15) is 9.81 Å². The van der Waals surface area contributed by atoms with E-state index in [0.29, 0.717) is 75.1 Å². The minimum absolute atomic E-state index is 0.0383. The van der Waals surface area contributed by atoms with Gasteiger partial charge in [0.1, 0.15) is 72.2 Å². The van der Waals surface area contributed by atoms with Crippen LogP contribution in [0.4, 0.5) is 0 Å². The number of carbonyl (C=O) groups is 10. The number of aromatic amines is 2. The van der Waals surface area contributed by atoms with Gasteiger partial charge in [0.2, 0.25) is 53.2 Å². The molecule has 608 valence electrons. The number of nitrogens with two attached hydrogens (primary N) is 2. The van der Waals surface area contributed by atoms with Crippen LogP contribution in [0.5, 0.6) is 5.75 Å². The molecule has 1 aromatic carbocycles. The summed E-state index contributed by atoms with van der Waals surface area (Å²) in [6.45, 7) is 26.7. The van der Waals surface area contributed by atoms with Crippen molar-refractivity contribution in [1.29, 1.82) is 0 Å². The maximum absolute atomic E-state index is 15.1. The van der Waals surface area contributed by atoms with Crippen LogP contribution in [0.2, 0.25) is 0 Å². The molecule has 0 bridgehead atoms. The normalized spacial score (nSPS) is 16.7. The van der Waals surface area contributed by atoms with E-state index in [-0.39, 0.29) is 88.1 Å². The monoisotopic (exact) mass is 1530 g/mol. The first-order valence-electron chi connectivity index (χ1n) is 38.0. The number of carboxylic acids is 1. The summed E-state index contributed by atoms with van der Waals surface area (Å²) in [6.07, 6.45) is 8.93. The summed E-state index contributed by atoms with van der Waals surface area (Å²) in [5.74, 6) is -9.81. The van der Waals surface area contributed by atoms with Gasteiger partial charge in [-0.3, -0.25) is 48.1 Å². The van der Waals surface area contributed by atoms with E-state index in [2.05, 4.69) is 93.8 Å². The van der Waals surface area contributed by atoms with Crippen LogP contribution in [-0.4, -0.2) is 217 Å². The summed E-state index contributed by atoms with van der Waals surface area (Å²) >= 11 is 0. The van der Waals surface area contributed by atoms with E-state index in [0.717, 1.165) is 0 Å². The first-order valence-corrected chi connectivity index (χ1v) is 38.0. The molecule has 13 atom stereocenters. The number of phenols is 1. The van der Waals surface area contributed by atoms with Crippen LogP contribution in [0, 0.1) is 39.4 Å². The molecule has 0 spiro atoms. The van der Waals surface area contributed by atoms with E-state index >= 15 is 14.4 Å². The fourth-order valence-electron chi connectivity index (χ4n) is 12.4. The van der Waals surface area contributed by atoms with Crippen LogP contribution in [-0.2, 0) is 67.2 Å². The van der Waals surface area contributed by atoms with Gasteiger partial charge < -0.3 is 95.0 Å². The summed E-state index contributed by atoms with van der Waals surface area (Å²) in [5, 5.41) is 58.9. The molecule has 0 aliphatic carbocycles. The highest BCUT2D eigenvalue weighted by Gasteiger charge is 2.43. The molecule has 3 heterocycles. The molecule has 1 fully saturated rings. The van der Waals surface area contributed by atoms with Gasteiger partial charge in [0.05, 0.1) is 19.2 Å². The second-order valence-electron chi connectivity index (χ2n) is 30.6. The number of amides is 9. The molecule has 1 aliphatic heterocycles. The number of nitrogens with zero attached hydrogens (tertiary/aromatic N) is 6. The number of aliphatic imine (C=N–C) groups is 1. The quantitative estimate of drug-likeness (QED) is 0.0166. The largest absolute Gasteiger partial charge is 0.508 e. The van der Waals surface area contributed by atoms with Crippen LogP contribution in [0.1, 0.15) is 178 Å². The van der Waals surface area contributed by atoms with Crippen molar-refractivity contribution < 1.29 is 58.2 Å². The number of carboxylic acid groups (broad SMARTS) is 1. The lowest BCUT2D eigenvalue weighted by Gasteiger charge is -2.32. The van der Waals surface area contributed by atoms with Gasteiger partial charge in [-0.1, -0.05) is 90.7 Å². The number of aliphatic carboxylic acids is 1.